The Kier molecular flexibility index (Phi) is 8.88. The summed E-state index contributed by atoms with van der Waals surface area (Å²) in [7, 11) is 1.28. The van der Waals surface area contributed by atoms with Crippen LogP contribution in [-0.4, -0.2) is 44.2 Å². The van der Waals surface area contributed by atoms with Gasteiger partial charge in [-0.1, -0.05) is 11.6 Å². The van der Waals surface area contributed by atoms with E-state index in [1.165, 1.54) is 7.11 Å². The van der Waals surface area contributed by atoms with Crippen molar-refractivity contribution in [1.82, 2.24) is 10.7 Å². The Balaban J connectivity index is 2.91. The van der Waals surface area contributed by atoms with Crippen LogP contribution in [0, 0.1) is 0 Å². The van der Waals surface area contributed by atoms with E-state index >= 15 is 0 Å². The number of hydrazone groups is 1. The molecule has 0 unspecified atom stereocenters. The van der Waals surface area contributed by atoms with E-state index in [0.717, 1.165) is 0 Å². The number of methoxy groups -OCH3 is 1. The van der Waals surface area contributed by atoms with Crippen LogP contribution in [-0.2, 0) is 9.53 Å². The van der Waals surface area contributed by atoms with Crippen molar-refractivity contribution in [3.05, 3.63) is 22.7 Å². The molecule has 0 amide bonds. The number of rotatable bonds is 8. The summed E-state index contributed by atoms with van der Waals surface area (Å²) in [4.78, 5) is 11.2. The van der Waals surface area contributed by atoms with Gasteiger partial charge in [-0.15, -0.1) is 0 Å². The molecule has 9 heteroatoms. The molecule has 2 N–H and O–H groups in total. The molecular formula is C15H20ClN3O4S. The standard InChI is InChI=1S/C15H20ClN3O4S/c1-4-17-15(24)19-18-8-10-6-11(16)14(12(7-10)22-5-2)23-9-13(20)21-3/h6-8H,4-5,9H2,1-3H3,(H2,17,19,24)/b18-8-. The SMILES string of the molecule is CCNC(=S)N/N=C\c1cc(Cl)c(OCC(=O)OC)c(OCC)c1. The van der Waals surface area contributed by atoms with Gasteiger partial charge in [-0.3, -0.25) is 5.43 Å². The van der Waals surface area contributed by atoms with Crippen LogP contribution in [0.1, 0.15) is 19.4 Å². The van der Waals surface area contributed by atoms with E-state index in [2.05, 4.69) is 20.6 Å². The fourth-order valence-electron chi connectivity index (χ4n) is 1.62. The number of esters is 1. The van der Waals surface area contributed by atoms with Crippen molar-refractivity contribution in [2.24, 2.45) is 5.10 Å². The van der Waals surface area contributed by atoms with E-state index in [1.54, 1.807) is 18.3 Å². The normalized spacial score (nSPS) is 10.3. The van der Waals surface area contributed by atoms with Gasteiger partial charge >= 0.3 is 5.97 Å². The minimum atomic E-state index is -0.514. The van der Waals surface area contributed by atoms with Gasteiger partial charge in [0, 0.05) is 6.54 Å². The number of carbonyl (C=O) groups excluding carboxylic acids is 1. The fourth-order valence-corrected chi connectivity index (χ4v) is 2.09. The smallest absolute Gasteiger partial charge is 0.343 e. The highest BCUT2D eigenvalue weighted by molar-refractivity contribution is 7.80. The molecule has 24 heavy (non-hydrogen) atoms. The minimum Gasteiger partial charge on any atom is -0.490 e. The highest BCUT2D eigenvalue weighted by Gasteiger charge is 2.14. The second-order valence-electron chi connectivity index (χ2n) is 4.36. The predicted molar refractivity (Wildman–Crippen MR) is 97.1 cm³/mol. The molecule has 0 saturated carbocycles. The fraction of sp³-hybridized carbons (Fsp3) is 0.400. The Bertz CT molecular complexity index is 611. The van der Waals surface area contributed by atoms with Gasteiger partial charge in [-0.2, -0.15) is 5.10 Å². The Hall–Kier alpha value is -2.06. The van der Waals surface area contributed by atoms with Gasteiger partial charge in [0.25, 0.3) is 0 Å². The number of nitrogens with one attached hydrogen (secondary N) is 2. The summed E-state index contributed by atoms with van der Waals surface area (Å²) in [5, 5.41) is 7.63. The van der Waals surface area contributed by atoms with Crippen molar-refractivity contribution in [3.63, 3.8) is 0 Å². The quantitative estimate of drug-likeness (QED) is 0.312. The molecule has 0 bridgehead atoms. The second kappa shape index (κ2) is 10.7. The number of hydrogen-bond donors (Lipinski definition) is 2. The summed E-state index contributed by atoms with van der Waals surface area (Å²) in [5.41, 5.74) is 3.36. The molecule has 0 fully saturated rings. The molecule has 0 aromatic heterocycles. The molecule has 0 heterocycles. The average molecular weight is 374 g/mol. The zero-order valence-corrected chi connectivity index (χ0v) is 15.3. The molecule has 0 aliphatic carbocycles. The summed E-state index contributed by atoms with van der Waals surface area (Å²) >= 11 is 11.2. The lowest BCUT2D eigenvalue weighted by atomic mass is 10.2. The number of halogens is 1. The molecular weight excluding hydrogens is 354 g/mol. The molecule has 0 saturated heterocycles. The molecule has 0 aliphatic rings. The third-order valence-corrected chi connectivity index (χ3v) is 3.13. The van der Waals surface area contributed by atoms with Gasteiger partial charge in [0.05, 0.1) is 25.0 Å². The average Bonchev–Trinajstić information content (AvgIpc) is 2.54. The Morgan fingerprint density at radius 1 is 1.38 bits per heavy atom. The maximum absolute atomic E-state index is 11.2. The number of benzene rings is 1. The number of ether oxygens (including phenoxy) is 3. The van der Waals surface area contributed by atoms with Crippen LogP contribution < -0.4 is 20.2 Å². The molecule has 0 radical (unpaired) electrons. The lowest BCUT2D eigenvalue weighted by molar-refractivity contribution is -0.142. The molecule has 1 aromatic carbocycles. The van der Waals surface area contributed by atoms with E-state index in [9.17, 15) is 4.79 Å². The molecule has 0 spiro atoms. The number of hydrogen-bond acceptors (Lipinski definition) is 6. The largest absolute Gasteiger partial charge is 0.490 e. The van der Waals surface area contributed by atoms with Crippen LogP contribution in [0.5, 0.6) is 11.5 Å². The Morgan fingerprint density at radius 3 is 2.75 bits per heavy atom. The summed E-state index contributed by atoms with van der Waals surface area (Å²) in [6, 6.07) is 3.33. The first-order chi connectivity index (χ1) is 11.5. The first-order valence-electron chi connectivity index (χ1n) is 7.24. The maximum atomic E-state index is 11.2. The minimum absolute atomic E-state index is 0.262. The van der Waals surface area contributed by atoms with Crippen LogP contribution in [0.15, 0.2) is 17.2 Å². The molecule has 1 rings (SSSR count). The van der Waals surface area contributed by atoms with Crippen LogP contribution >= 0.6 is 23.8 Å². The van der Waals surface area contributed by atoms with Crippen molar-refractivity contribution in [2.75, 3.05) is 26.9 Å². The van der Waals surface area contributed by atoms with Gasteiger partial charge < -0.3 is 19.5 Å². The van der Waals surface area contributed by atoms with Gasteiger partial charge in [0.1, 0.15) is 0 Å². The van der Waals surface area contributed by atoms with Gasteiger partial charge in [-0.25, -0.2) is 4.79 Å². The van der Waals surface area contributed by atoms with Crippen molar-refractivity contribution in [2.45, 2.75) is 13.8 Å². The van der Waals surface area contributed by atoms with Gasteiger partial charge in [0.15, 0.2) is 23.2 Å². The summed E-state index contributed by atoms with van der Waals surface area (Å²) in [5.74, 6) is 0.169. The maximum Gasteiger partial charge on any atom is 0.343 e. The Morgan fingerprint density at radius 2 is 2.12 bits per heavy atom. The summed E-state index contributed by atoms with van der Waals surface area (Å²) in [6.07, 6.45) is 1.54. The summed E-state index contributed by atoms with van der Waals surface area (Å²) < 4.78 is 15.4. The van der Waals surface area contributed by atoms with E-state index in [-0.39, 0.29) is 12.4 Å². The highest BCUT2D eigenvalue weighted by atomic mass is 35.5. The first-order valence-corrected chi connectivity index (χ1v) is 8.03. The zero-order valence-electron chi connectivity index (χ0n) is 13.7. The van der Waals surface area contributed by atoms with Crippen LogP contribution in [0.4, 0.5) is 0 Å². The number of carbonyl (C=O) groups is 1. The molecule has 132 valence electrons. The highest BCUT2D eigenvalue weighted by Crippen LogP contribution is 2.36. The molecule has 7 nitrogen and oxygen atoms in total. The Labute approximate surface area is 151 Å². The van der Waals surface area contributed by atoms with Crippen LogP contribution in [0.25, 0.3) is 0 Å². The predicted octanol–water partition coefficient (Wildman–Crippen LogP) is 2.11. The molecule has 0 aliphatic heterocycles. The lowest BCUT2D eigenvalue weighted by Crippen LogP contribution is -2.31. The van der Waals surface area contributed by atoms with E-state index in [4.69, 9.17) is 33.3 Å². The number of thiocarbonyl (C=S) groups is 1. The third kappa shape index (κ3) is 6.59. The van der Waals surface area contributed by atoms with Crippen molar-refractivity contribution in [1.29, 1.82) is 0 Å². The zero-order chi connectivity index (χ0) is 17.9. The van der Waals surface area contributed by atoms with E-state index < -0.39 is 5.97 Å². The van der Waals surface area contributed by atoms with E-state index in [0.29, 0.717) is 34.6 Å². The summed E-state index contributed by atoms with van der Waals surface area (Å²) in [6.45, 7) is 4.61. The van der Waals surface area contributed by atoms with Crippen LogP contribution in [0.2, 0.25) is 5.02 Å². The van der Waals surface area contributed by atoms with Gasteiger partial charge in [-0.05, 0) is 43.8 Å². The first kappa shape index (κ1) is 20.0. The van der Waals surface area contributed by atoms with Crippen molar-refractivity contribution < 1.29 is 19.0 Å². The third-order valence-electron chi connectivity index (χ3n) is 2.61. The lowest BCUT2D eigenvalue weighted by Gasteiger charge is -2.13. The van der Waals surface area contributed by atoms with E-state index in [1.807, 2.05) is 13.8 Å². The van der Waals surface area contributed by atoms with Crippen LogP contribution in [0.3, 0.4) is 0 Å². The second-order valence-corrected chi connectivity index (χ2v) is 5.17. The molecule has 0 atom stereocenters. The van der Waals surface area contributed by atoms with Crippen molar-refractivity contribution in [3.8, 4) is 11.5 Å². The number of nitrogens with zero attached hydrogens (tertiary/aromatic N) is 1. The van der Waals surface area contributed by atoms with Crippen molar-refractivity contribution >= 4 is 41.1 Å². The topological polar surface area (TPSA) is 81.2 Å². The molecule has 1 aromatic rings. The monoisotopic (exact) mass is 373 g/mol. The van der Waals surface area contributed by atoms with Gasteiger partial charge in [0.2, 0.25) is 0 Å².